The molecule has 0 aliphatic rings. The molecule has 0 atom stereocenters. The van der Waals surface area contributed by atoms with E-state index in [-0.39, 0.29) is 16.4 Å². The van der Waals surface area contributed by atoms with Gasteiger partial charge >= 0.3 is 11.7 Å². The molecule has 0 bridgehead atoms. The third-order valence-electron chi connectivity index (χ3n) is 3.91. The van der Waals surface area contributed by atoms with Gasteiger partial charge in [-0.2, -0.15) is 14.3 Å². The van der Waals surface area contributed by atoms with Gasteiger partial charge in [0.15, 0.2) is 5.82 Å². The molecule has 146 valence electrons. The van der Waals surface area contributed by atoms with Crippen LogP contribution in [-0.2, 0) is 0 Å². The first-order chi connectivity index (χ1) is 13.2. The molecule has 0 aliphatic carbocycles. The summed E-state index contributed by atoms with van der Waals surface area (Å²) < 4.78 is 42.8. The van der Waals surface area contributed by atoms with Crippen LogP contribution in [0.4, 0.5) is 23.7 Å². The highest BCUT2D eigenvalue weighted by atomic mass is 35.5. The average Bonchev–Trinajstić information content (AvgIpc) is 2.98. The highest BCUT2D eigenvalue weighted by Gasteiger charge is 2.26. The van der Waals surface area contributed by atoms with Gasteiger partial charge in [-0.3, -0.25) is 4.90 Å². The number of aromatic nitrogens is 3. The molecule has 1 amide bonds. The fraction of sp³-hybridized carbons (Fsp3) is 0.167. The number of carbonyl (C=O) groups excluding carboxylic acids is 1. The summed E-state index contributed by atoms with van der Waals surface area (Å²) in [6.45, 7) is 3.18. The first-order valence-corrected chi connectivity index (χ1v) is 8.49. The maximum Gasteiger partial charge on any atom is 0.358 e. The largest absolute Gasteiger partial charge is 0.358 e. The molecule has 3 aromatic rings. The van der Waals surface area contributed by atoms with E-state index < -0.39 is 35.2 Å². The van der Waals surface area contributed by atoms with Crippen molar-refractivity contribution in [1.82, 2.24) is 14.3 Å². The Morgan fingerprint density at radius 2 is 1.82 bits per heavy atom. The van der Waals surface area contributed by atoms with E-state index in [2.05, 4.69) is 5.10 Å². The quantitative estimate of drug-likeness (QED) is 0.656. The van der Waals surface area contributed by atoms with Gasteiger partial charge in [0.2, 0.25) is 0 Å². The molecule has 0 radical (unpaired) electrons. The van der Waals surface area contributed by atoms with E-state index in [9.17, 15) is 22.8 Å². The zero-order valence-electron chi connectivity index (χ0n) is 14.7. The Bertz CT molecular complexity index is 1110. The van der Waals surface area contributed by atoms with Gasteiger partial charge in [-0.15, -0.1) is 0 Å². The molecular formula is C18H14ClF3N4O2. The van der Waals surface area contributed by atoms with Crippen molar-refractivity contribution in [3.63, 3.8) is 0 Å². The van der Waals surface area contributed by atoms with Crippen LogP contribution in [0.25, 0.3) is 5.69 Å². The highest BCUT2D eigenvalue weighted by Crippen LogP contribution is 2.23. The van der Waals surface area contributed by atoms with Gasteiger partial charge in [-0.1, -0.05) is 11.6 Å². The average molecular weight is 411 g/mol. The lowest BCUT2D eigenvalue weighted by Gasteiger charge is -2.26. The van der Waals surface area contributed by atoms with E-state index in [1.54, 1.807) is 13.8 Å². The monoisotopic (exact) mass is 410 g/mol. The lowest BCUT2D eigenvalue weighted by atomic mass is 10.2. The molecule has 1 heterocycles. The molecule has 0 unspecified atom stereocenters. The molecule has 2 aromatic carbocycles. The predicted octanol–water partition coefficient (Wildman–Crippen LogP) is 3.99. The number of hydrogen-bond acceptors (Lipinski definition) is 3. The second-order valence-corrected chi connectivity index (χ2v) is 6.57. The molecule has 0 spiro atoms. The number of benzene rings is 2. The van der Waals surface area contributed by atoms with E-state index in [4.69, 9.17) is 11.6 Å². The van der Waals surface area contributed by atoms with Crippen molar-refractivity contribution in [2.45, 2.75) is 19.9 Å². The summed E-state index contributed by atoms with van der Waals surface area (Å²) in [6.07, 6.45) is 0.898. The minimum absolute atomic E-state index is 0.127. The van der Waals surface area contributed by atoms with Crippen LogP contribution in [0, 0.1) is 17.5 Å². The number of hydrogen-bond donors (Lipinski definition) is 0. The van der Waals surface area contributed by atoms with Crippen molar-refractivity contribution in [1.29, 1.82) is 0 Å². The van der Waals surface area contributed by atoms with Gasteiger partial charge in [-0.25, -0.2) is 22.8 Å². The summed E-state index contributed by atoms with van der Waals surface area (Å²) in [5.74, 6) is -2.58. The van der Waals surface area contributed by atoms with Crippen molar-refractivity contribution < 1.29 is 18.0 Å². The normalized spacial score (nSPS) is 11.1. The van der Waals surface area contributed by atoms with E-state index in [1.165, 1.54) is 12.1 Å². The molecule has 1 aromatic heterocycles. The van der Waals surface area contributed by atoms with Gasteiger partial charge in [0.25, 0.3) is 0 Å². The van der Waals surface area contributed by atoms with Crippen LogP contribution in [0.1, 0.15) is 13.8 Å². The second kappa shape index (κ2) is 7.51. The number of nitrogens with zero attached hydrogens (tertiary/aromatic N) is 4. The second-order valence-electron chi connectivity index (χ2n) is 6.13. The maximum absolute atomic E-state index is 14.2. The third kappa shape index (κ3) is 3.53. The van der Waals surface area contributed by atoms with Crippen molar-refractivity contribution in [2.75, 3.05) is 4.90 Å². The molecule has 0 N–H and O–H groups in total. The van der Waals surface area contributed by atoms with Gasteiger partial charge < -0.3 is 0 Å². The third-order valence-corrected chi connectivity index (χ3v) is 4.14. The Labute approximate surface area is 162 Å². The Balaban J connectivity index is 2.06. The number of amides is 1. The minimum atomic E-state index is -0.966. The zero-order chi connectivity index (χ0) is 20.6. The van der Waals surface area contributed by atoms with Crippen molar-refractivity contribution in [3.05, 3.63) is 75.7 Å². The molecule has 28 heavy (non-hydrogen) atoms. The summed E-state index contributed by atoms with van der Waals surface area (Å²) in [5.41, 5.74) is -1.37. The SMILES string of the molecule is CC(C)N(C(=O)n1cnn(-c2ccc(Cl)cc2F)c1=O)c1ccc(F)cc1F. The zero-order valence-corrected chi connectivity index (χ0v) is 15.5. The van der Waals surface area contributed by atoms with Crippen LogP contribution >= 0.6 is 11.6 Å². The van der Waals surface area contributed by atoms with Crippen LogP contribution in [0.2, 0.25) is 5.02 Å². The number of carbonyl (C=O) groups is 1. The summed E-state index contributed by atoms with van der Waals surface area (Å²) in [4.78, 5) is 26.5. The Kier molecular flexibility index (Phi) is 5.28. The Morgan fingerprint density at radius 1 is 1.11 bits per heavy atom. The highest BCUT2D eigenvalue weighted by molar-refractivity contribution is 6.30. The molecule has 0 saturated carbocycles. The molecule has 3 rings (SSSR count). The summed E-state index contributed by atoms with van der Waals surface area (Å²) in [5, 5.41) is 3.88. The molecule has 0 aliphatic heterocycles. The first-order valence-electron chi connectivity index (χ1n) is 8.11. The maximum atomic E-state index is 14.2. The fourth-order valence-electron chi connectivity index (χ4n) is 2.65. The van der Waals surface area contributed by atoms with Crippen molar-refractivity contribution in [3.8, 4) is 5.69 Å². The van der Waals surface area contributed by atoms with Crippen molar-refractivity contribution in [2.24, 2.45) is 0 Å². The smallest absolute Gasteiger partial charge is 0.288 e. The fourth-order valence-corrected chi connectivity index (χ4v) is 2.81. The van der Waals surface area contributed by atoms with Gasteiger partial charge in [-0.05, 0) is 44.2 Å². The number of anilines is 1. The van der Waals surface area contributed by atoms with Crippen LogP contribution in [-0.4, -0.2) is 26.4 Å². The molecule has 0 fully saturated rings. The van der Waals surface area contributed by atoms with Gasteiger partial charge in [0, 0.05) is 17.1 Å². The predicted molar refractivity (Wildman–Crippen MR) is 97.6 cm³/mol. The summed E-state index contributed by atoms with van der Waals surface area (Å²) in [7, 11) is 0. The molecule has 0 saturated heterocycles. The van der Waals surface area contributed by atoms with E-state index in [1.807, 2.05) is 0 Å². The van der Waals surface area contributed by atoms with Crippen LogP contribution in [0.15, 0.2) is 47.5 Å². The van der Waals surface area contributed by atoms with E-state index in [0.717, 1.165) is 29.4 Å². The van der Waals surface area contributed by atoms with Crippen molar-refractivity contribution >= 4 is 23.3 Å². The van der Waals surface area contributed by atoms with E-state index >= 15 is 0 Å². The lowest BCUT2D eigenvalue weighted by Crippen LogP contribution is -2.44. The first kappa shape index (κ1) is 19.7. The van der Waals surface area contributed by atoms with Crippen LogP contribution in [0.3, 0.4) is 0 Å². The van der Waals surface area contributed by atoms with E-state index in [0.29, 0.717) is 15.3 Å². The summed E-state index contributed by atoms with van der Waals surface area (Å²) in [6, 6.07) is 4.82. The topological polar surface area (TPSA) is 60.1 Å². The van der Waals surface area contributed by atoms with Crippen LogP contribution in [0.5, 0.6) is 0 Å². The van der Waals surface area contributed by atoms with Gasteiger partial charge in [0.05, 0.1) is 5.69 Å². The number of rotatable bonds is 3. The number of halogens is 4. The minimum Gasteiger partial charge on any atom is -0.288 e. The lowest BCUT2D eigenvalue weighted by molar-refractivity contribution is 0.245. The van der Waals surface area contributed by atoms with Crippen LogP contribution < -0.4 is 10.6 Å². The Hall–Kier alpha value is -3.07. The standard InChI is InChI=1S/C18H14ClF3N4O2/c1-10(2)25(15-6-4-12(20)8-14(15)22)17(27)24-9-23-26(18(24)28)16-5-3-11(19)7-13(16)21/h3-10H,1-2H3. The molecule has 10 heteroatoms. The van der Waals surface area contributed by atoms with Gasteiger partial charge in [0.1, 0.15) is 23.6 Å². The Morgan fingerprint density at radius 3 is 2.43 bits per heavy atom. The molecular weight excluding hydrogens is 397 g/mol. The summed E-state index contributed by atoms with van der Waals surface area (Å²) >= 11 is 5.69. The molecule has 6 nitrogen and oxygen atoms in total.